The van der Waals surface area contributed by atoms with Crippen LogP contribution in [0.15, 0.2) is 121 Å². The standard InChI is InChI=1S/C36H35Cl3O7/c37-36(38,39)35(40)46-34-33(44-24-29-19-11-4-12-20-29)32(43-23-28-17-9-3-10-18-28)31(42-22-27-15-7-2-8-16-27)30(45-34)25-41-21-26-13-5-1-6-14-26/h1-20,30-34H,21-25H2/t30-,31+,32+,33-,34?/m1/s1. The maximum atomic E-state index is 12.9. The van der Waals surface area contributed by atoms with Crippen molar-refractivity contribution in [1.82, 2.24) is 0 Å². The predicted molar refractivity (Wildman–Crippen MR) is 176 cm³/mol. The van der Waals surface area contributed by atoms with Crippen molar-refractivity contribution in [2.45, 2.75) is 60.9 Å². The summed E-state index contributed by atoms with van der Waals surface area (Å²) in [7, 11) is 0. The maximum absolute atomic E-state index is 12.9. The molecular weight excluding hydrogens is 651 g/mol. The molecule has 0 N–H and O–H groups in total. The first-order valence-corrected chi connectivity index (χ1v) is 16.0. The lowest BCUT2D eigenvalue weighted by Crippen LogP contribution is -2.62. The molecule has 1 heterocycles. The molecule has 1 unspecified atom stereocenters. The SMILES string of the molecule is O=C(OC1O[C@H](COCc2ccccc2)[C@H](OCc2ccccc2)[C@H](OCc2ccccc2)[C@H]1OCc1ccccc1)C(Cl)(Cl)Cl. The Morgan fingerprint density at radius 1 is 0.565 bits per heavy atom. The van der Waals surface area contributed by atoms with E-state index in [0.29, 0.717) is 6.61 Å². The summed E-state index contributed by atoms with van der Waals surface area (Å²) in [6.45, 7) is 1.08. The molecule has 1 saturated heterocycles. The van der Waals surface area contributed by atoms with E-state index in [2.05, 4.69) is 0 Å². The van der Waals surface area contributed by atoms with Crippen LogP contribution < -0.4 is 0 Å². The van der Waals surface area contributed by atoms with Crippen molar-refractivity contribution in [3.8, 4) is 0 Å². The van der Waals surface area contributed by atoms with Gasteiger partial charge in [-0.2, -0.15) is 0 Å². The van der Waals surface area contributed by atoms with E-state index in [0.717, 1.165) is 22.3 Å². The molecule has 0 spiro atoms. The number of benzene rings is 4. The molecule has 1 aliphatic rings. The van der Waals surface area contributed by atoms with Crippen LogP contribution in [0.3, 0.4) is 0 Å². The lowest BCUT2D eigenvalue weighted by atomic mass is 9.97. The summed E-state index contributed by atoms with van der Waals surface area (Å²) in [4.78, 5) is 12.9. The monoisotopic (exact) mass is 684 g/mol. The summed E-state index contributed by atoms with van der Waals surface area (Å²) in [5.41, 5.74) is 3.77. The van der Waals surface area contributed by atoms with Crippen molar-refractivity contribution in [3.05, 3.63) is 144 Å². The molecule has 1 aliphatic heterocycles. The van der Waals surface area contributed by atoms with Crippen molar-refractivity contribution in [1.29, 1.82) is 0 Å². The Hall–Kier alpha value is -2.98. The number of alkyl halides is 3. The van der Waals surface area contributed by atoms with Gasteiger partial charge in [-0.25, -0.2) is 4.79 Å². The fourth-order valence-electron chi connectivity index (χ4n) is 5.01. The van der Waals surface area contributed by atoms with Gasteiger partial charge < -0.3 is 28.4 Å². The number of halogens is 3. The largest absolute Gasteiger partial charge is 0.430 e. The molecule has 1 fully saturated rings. The van der Waals surface area contributed by atoms with Gasteiger partial charge in [0.05, 0.1) is 33.0 Å². The second-order valence-electron chi connectivity index (χ2n) is 10.7. The van der Waals surface area contributed by atoms with E-state index in [9.17, 15) is 4.79 Å². The molecule has 10 heteroatoms. The number of hydrogen-bond acceptors (Lipinski definition) is 7. The third-order valence-electron chi connectivity index (χ3n) is 7.30. The molecule has 242 valence electrons. The number of ether oxygens (including phenoxy) is 6. The topological polar surface area (TPSA) is 72.5 Å². The lowest BCUT2D eigenvalue weighted by Gasteiger charge is -2.45. The Balaban J connectivity index is 1.46. The van der Waals surface area contributed by atoms with E-state index in [1.54, 1.807) is 0 Å². The van der Waals surface area contributed by atoms with Gasteiger partial charge in [-0.15, -0.1) is 0 Å². The van der Waals surface area contributed by atoms with Crippen LogP contribution in [0.4, 0.5) is 0 Å². The Kier molecular flexibility index (Phi) is 12.9. The zero-order valence-corrected chi connectivity index (χ0v) is 27.2. The van der Waals surface area contributed by atoms with Gasteiger partial charge in [0.2, 0.25) is 6.29 Å². The fourth-order valence-corrected chi connectivity index (χ4v) is 5.15. The number of rotatable bonds is 14. The molecule has 4 aromatic carbocycles. The molecule has 5 rings (SSSR count). The van der Waals surface area contributed by atoms with Gasteiger partial charge in [-0.1, -0.05) is 156 Å². The fraction of sp³-hybridized carbons (Fsp3) is 0.306. The number of esters is 1. The second-order valence-corrected chi connectivity index (χ2v) is 13.0. The Morgan fingerprint density at radius 2 is 0.957 bits per heavy atom. The number of carbonyl (C=O) groups excluding carboxylic acids is 1. The van der Waals surface area contributed by atoms with Crippen LogP contribution in [0.25, 0.3) is 0 Å². The summed E-state index contributed by atoms with van der Waals surface area (Å²) in [5.74, 6) is -1.11. The highest BCUT2D eigenvalue weighted by atomic mass is 35.6. The Bertz CT molecular complexity index is 1460. The summed E-state index contributed by atoms with van der Waals surface area (Å²) in [6, 6.07) is 38.8. The molecule has 0 bridgehead atoms. The van der Waals surface area contributed by atoms with Crippen LogP contribution in [-0.2, 0) is 59.6 Å². The van der Waals surface area contributed by atoms with Gasteiger partial charge in [0.25, 0.3) is 3.79 Å². The first-order chi connectivity index (χ1) is 22.4. The molecule has 5 atom stereocenters. The first-order valence-electron chi connectivity index (χ1n) is 14.9. The van der Waals surface area contributed by atoms with Crippen LogP contribution >= 0.6 is 34.8 Å². The molecule has 46 heavy (non-hydrogen) atoms. The van der Waals surface area contributed by atoms with Crippen LogP contribution in [0.5, 0.6) is 0 Å². The summed E-state index contributed by atoms with van der Waals surface area (Å²) < 4.78 is 35.4. The molecule has 0 radical (unpaired) electrons. The smallest absolute Gasteiger partial charge is 0.360 e. The third-order valence-corrected chi connectivity index (χ3v) is 7.76. The van der Waals surface area contributed by atoms with Crippen molar-refractivity contribution in [2.24, 2.45) is 0 Å². The van der Waals surface area contributed by atoms with Gasteiger partial charge in [0.1, 0.15) is 24.4 Å². The van der Waals surface area contributed by atoms with Gasteiger partial charge in [0, 0.05) is 0 Å². The lowest BCUT2D eigenvalue weighted by molar-refractivity contribution is -0.320. The van der Waals surface area contributed by atoms with Gasteiger partial charge in [0.15, 0.2) is 0 Å². The summed E-state index contributed by atoms with van der Waals surface area (Å²) >= 11 is 17.7. The Morgan fingerprint density at radius 3 is 1.39 bits per heavy atom. The molecule has 0 aromatic heterocycles. The normalized spacial score (nSPS) is 21.5. The maximum Gasteiger partial charge on any atom is 0.360 e. The van der Waals surface area contributed by atoms with Crippen LogP contribution in [-0.4, -0.2) is 47.1 Å². The number of hydrogen-bond donors (Lipinski definition) is 0. The van der Waals surface area contributed by atoms with Crippen molar-refractivity contribution in [3.63, 3.8) is 0 Å². The second kappa shape index (κ2) is 17.3. The van der Waals surface area contributed by atoms with Gasteiger partial charge in [-0.05, 0) is 22.3 Å². The highest BCUT2D eigenvalue weighted by Gasteiger charge is 2.51. The van der Waals surface area contributed by atoms with E-state index in [-0.39, 0.29) is 26.4 Å². The number of carbonyl (C=O) groups is 1. The van der Waals surface area contributed by atoms with Crippen molar-refractivity contribution < 1.29 is 33.2 Å². The third kappa shape index (κ3) is 10.3. The van der Waals surface area contributed by atoms with E-state index in [1.165, 1.54) is 0 Å². The first kappa shape index (κ1) is 34.4. The molecule has 0 aliphatic carbocycles. The molecule has 0 amide bonds. The minimum atomic E-state index is -2.34. The van der Waals surface area contributed by atoms with E-state index in [1.807, 2.05) is 121 Å². The van der Waals surface area contributed by atoms with Crippen LogP contribution in [0, 0.1) is 0 Å². The van der Waals surface area contributed by atoms with Crippen molar-refractivity contribution in [2.75, 3.05) is 6.61 Å². The summed E-state index contributed by atoms with van der Waals surface area (Å²) in [5, 5.41) is 0. The average Bonchev–Trinajstić information content (AvgIpc) is 3.07. The van der Waals surface area contributed by atoms with Crippen LogP contribution in [0.1, 0.15) is 22.3 Å². The van der Waals surface area contributed by atoms with Gasteiger partial charge in [-0.3, -0.25) is 0 Å². The molecule has 4 aromatic rings. The van der Waals surface area contributed by atoms with Crippen LogP contribution in [0.2, 0.25) is 0 Å². The minimum absolute atomic E-state index is 0.0901. The quantitative estimate of drug-likeness (QED) is 0.100. The molecule has 7 nitrogen and oxygen atoms in total. The predicted octanol–water partition coefficient (Wildman–Crippen LogP) is 7.60. The highest BCUT2D eigenvalue weighted by Crippen LogP contribution is 2.34. The zero-order chi connectivity index (χ0) is 32.2. The van der Waals surface area contributed by atoms with E-state index < -0.39 is 40.5 Å². The average molecular weight is 686 g/mol. The molecule has 0 saturated carbocycles. The minimum Gasteiger partial charge on any atom is -0.430 e. The Labute approximate surface area is 284 Å². The highest BCUT2D eigenvalue weighted by molar-refractivity contribution is 6.75. The van der Waals surface area contributed by atoms with E-state index in [4.69, 9.17) is 63.2 Å². The van der Waals surface area contributed by atoms with Gasteiger partial charge >= 0.3 is 5.97 Å². The van der Waals surface area contributed by atoms with E-state index >= 15 is 0 Å². The molecular formula is C36H35Cl3O7. The zero-order valence-electron chi connectivity index (χ0n) is 25.0. The van der Waals surface area contributed by atoms with Crippen molar-refractivity contribution >= 4 is 40.8 Å². The summed E-state index contributed by atoms with van der Waals surface area (Å²) in [6.07, 6.45) is -4.53.